The molecule has 0 aromatic heterocycles. The maximum absolute atomic E-state index is 5.73. The minimum absolute atomic E-state index is 0.738. The minimum Gasteiger partial charge on any atom is -0.399 e. The summed E-state index contributed by atoms with van der Waals surface area (Å²) < 4.78 is 0. The number of benzene rings is 1. The molecule has 82 valence electrons. The first-order valence-corrected chi connectivity index (χ1v) is 5.84. The number of nitrogens with one attached hydrogen (secondary N) is 1. The molecule has 0 amide bonds. The molecular weight excluding hydrogens is 184 g/mol. The zero-order valence-corrected chi connectivity index (χ0v) is 9.42. The first kappa shape index (κ1) is 10.5. The summed E-state index contributed by atoms with van der Waals surface area (Å²) in [5.41, 5.74) is 9.25. The number of hydrogen-bond donors (Lipinski definition) is 2. The Balaban J connectivity index is 1.92. The fourth-order valence-corrected chi connectivity index (χ4v) is 2.30. The van der Waals surface area contributed by atoms with Crippen LogP contribution in [-0.4, -0.2) is 6.04 Å². The highest BCUT2D eigenvalue weighted by atomic mass is 14.9. The van der Waals surface area contributed by atoms with Gasteiger partial charge in [-0.25, -0.2) is 0 Å². The summed E-state index contributed by atoms with van der Waals surface area (Å²) in [5.74, 6) is 0. The van der Waals surface area contributed by atoms with E-state index in [0.717, 1.165) is 18.3 Å². The van der Waals surface area contributed by atoms with Gasteiger partial charge in [-0.15, -0.1) is 0 Å². The number of hydrogen-bond acceptors (Lipinski definition) is 2. The van der Waals surface area contributed by atoms with Gasteiger partial charge in [0.25, 0.3) is 0 Å². The maximum atomic E-state index is 5.73. The molecule has 1 aliphatic carbocycles. The summed E-state index contributed by atoms with van der Waals surface area (Å²) >= 11 is 0. The van der Waals surface area contributed by atoms with E-state index in [1.165, 1.54) is 36.8 Å². The first-order valence-electron chi connectivity index (χ1n) is 5.84. The van der Waals surface area contributed by atoms with Crippen LogP contribution in [0.5, 0.6) is 0 Å². The number of rotatable bonds is 3. The third-order valence-corrected chi connectivity index (χ3v) is 3.30. The normalized spacial score (nSPS) is 17.1. The van der Waals surface area contributed by atoms with Gasteiger partial charge in [0.05, 0.1) is 0 Å². The van der Waals surface area contributed by atoms with E-state index in [-0.39, 0.29) is 0 Å². The van der Waals surface area contributed by atoms with Gasteiger partial charge in [0.2, 0.25) is 0 Å². The maximum Gasteiger partial charge on any atom is 0.0316 e. The molecule has 2 nitrogen and oxygen atoms in total. The number of nitrogen functional groups attached to an aromatic ring is 1. The SMILES string of the molecule is Cc1cc(N)ccc1CNC1CCCC1. The monoisotopic (exact) mass is 204 g/mol. The van der Waals surface area contributed by atoms with Crippen molar-refractivity contribution in [2.45, 2.75) is 45.2 Å². The summed E-state index contributed by atoms with van der Waals surface area (Å²) in [5, 5.41) is 3.62. The number of nitrogens with two attached hydrogens (primary N) is 1. The van der Waals surface area contributed by atoms with Crippen LogP contribution in [0.2, 0.25) is 0 Å². The molecule has 1 fully saturated rings. The van der Waals surface area contributed by atoms with Crippen molar-refractivity contribution in [2.24, 2.45) is 0 Å². The van der Waals surface area contributed by atoms with Gasteiger partial charge < -0.3 is 11.1 Å². The summed E-state index contributed by atoms with van der Waals surface area (Å²) in [6.07, 6.45) is 5.46. The highest BCUT2D eigenvalue weighted by Crippen LogP contribution is 2.19. The number of anilines is 1. The van der Waals surface area contributed by atoms with Crippen LogP contribution in [0.15, 0.2) is 18.2 Å². The molecule has 2 heteroatoms. The fourth-order valence-electron chi connectivity index (χ4n) is 2.30. The zero-order chi connectivity index (χ0) is 10.7. The molecule has 0 radical (unpaired) electrons. The minimum atomic E-state index is 0.738. The average Bonchev–Trinajstić information content (AvgIpc) is 2.69. The Morgan fingerprint density at radius 2 is 2.07 bits per heavy atom. The standard InChI is InChI=1S/C13H20N2/c1-10-8-12(14)7-6-11(10)9-15-13-4-2-3-5-13/h6-8,13,15H,2-5,9,14H2,1H3. The molecule has 0 spiro atoms. The van der Waals surface area contributed by atoms with Crippen molar-refractivity contribution < 1.29 is 0 Å². The quantitative estimate of drug-likeness (QED) is 0.743. The second kappa shape index (κ2) is 4.67. The lowest BCUT2D eigenvalue weighted by molar-refractivity contribution is 0.523. The predicted molar refractivity (Wildman–Crippen MR) is 64.7 cm³/mol. The summed E-state index contributed by atoms with van der Waals surface area (Å²) in [4.78, 5) is 0. The molecule has 2 rings (SSSR count). The Labute approximate surface area is 91.9 Å². The van der Waals surface area contributed by atoms with Crippen LogP contribution in [0.1, 0.15) is 36.8 Å². The molecule has 0 unspecified atom stereocenters. The number of aryl methyl sites for hydroxylation is 1. The molecular formula is C13H20N2. The summed E-state index contributed by atoms with van der Waals surface area (Å²) in [6.45, 7) is 3.11. The summed E-state index contributed by atoms with van der Waals surface area (Å²) in [7, 11) is 0. The van der Waals surface area contributed by atoms with Crippen molar-refractivity contribution in [1.29, 1.82) is 0 Å². The smallest absolute Gasteiger partial charge is 0.0316 e. The molecule has 0 aliphatic heterocycles. The Morgan fingerprint density at radius 3 is 2.73 bits per heavy atom. The van der Waals surface area contributed by atoms with Gasteiger partial charge in [-0.2, -0.15) is 0 Å². The van der Waals surface area contributed by atoms with Crippen molar-refractivity contribution in [3.05, 3.63) is 29.3 Å². The molecule has 1 aromatic rings. The largest absolute Gasteiger partial charge is 0.399 e. The van der Waals surface area contributed by atoms with Gasteiger partial charge in [0, 0.05) is 18.3 Å². The molecule has 0 saturated heterocycles. The van der Waals surface area contributed by atoms with Crippen molar-refractivity contribution in [2.75, 3.05) is 5.73 Å². The molecule has 1 aromatic carbocycles. The van der Waals surface area contributed by atoms with Crippen molar-refractivity contribution >= 4 is 5.69 Å². The van der Waals surface area contributed by atoms with Crippen molar-refractivity contribution in [3.8, 4) is 0 Å². The van der Waals surface area contributed by atoms with Crippen LogP contribution in [-0.2, 0) is 6.54 Å². The van der Waals surface area contributed by atoms with Crippen LogP contribution < -0.4 is 11.1 Å². The van der Waals surface area contributed by atoms with Crippen LogP contribution in [0, 0.1) is 6.92 Å². The zero-order valence-electron chi connectivity index (χ0n) is 9.42. The van der Waals surface area contributed by atoms with Gasteiger partial charge in [-0.05, 0) is 43.0 Å². The van der Waals surface area contributed by atoms with Crippen LogP contribution in [0.4, 0.5) is 5.69 Å². The topological polar surface area (TPSA) is 38.0 Å². The molecule has 1 saturated carbocycles. The van der Waals surface area contributed by atoms with E-state index in [4.69, 9.17) is 5.73 Å². The third-order valence-electron chi connectivity index (χ3n) is 3.30. The molecule has 1 aliphatic rings. The highest BCUT2D eigenvalue weighted by molar-refractivity contribution is 5.44. The summed E-state index contributed by atoms with van der Waals surface area (Å²) in [6, 6.07) is 6.90. The molecule has 0 heterocycles. The molecule has 0 atom stereocenters. The van der Waals surface area contributed by atoms with E-state index in [0.29, 0.717) is 0 Å². The molecule has 3 N–H and O–H groups in total. The lowest BCUT2D eigenvalue weighted by Crippen LogP contribution is -2.25. The van der Waals surface area contributed by atoms with Gasteiger partial charge in [-0.1, -0.05) is 18.9 Å². The van der Waals surface area contributed by atoms with Gasteiger partial charge in [0.15, 0.2) is 0 Å². The Hall–Kier alpha value is -1.02. The van der Waals surface area contributed by atoms with E-state index in [1.54, 1.807) is 0 Å². The molecule has 0 bridgehead atoms. The van der Waals surface area contributed by atoms with E-state index in [9.17, 15) is 0 Å². The van der Waals surface area contributed by atoms with Gasteiger partial charge >= 0.3 is 0 Å². The highest BCUT2D eigenvalue weighted by Gasteiger charge is 2.13. The third kappa shape index (κ3) is 2.72. The van der Waals surface area contributed by atoms with Crippen LogP contribution in [0.3, 0.4) is 0 Å². The average molecular weight is 204 g/mol. The van der Waals surface area contributed by atoms with Crippen LogP contribution in [0.25, 0.3) is 0 Å². The van der Waals surface area contributed by atoms with E-state index in [1.807, 2.05) is 12.1 Å². The van der Waals surface area contributed by atoms with Crippen LogP contribution >= 0.6 is 0 Å². The lowest BCUT2D eigenvalue weighted by Gasteiger charge is -2.13. The first-order chi connectivity index (χ1) is 7.25. The Bertz CT molecular complexity index is 327. The van der Waals surface area contributed by atoms with Crippen molar-refractivity contribution in [1.82, 2.24) is 5.32 Å². The van der Waals surface area contributed by atoms with E-state index >= 15 is 0 Å². The van der Waals surface area contributed by atoms with Gasteiger partial charge in [0.1, 0.15) is 0 Å². The van der Waals surface area contributed by atoms with E-state index < -0.39 is 0 Å². The Morgan fingerprint density at radius 1 is 1.33 bits per heavy atom. The second-order valence-corrected chi connectivity index (χ2v) is 4.55. The lowest BCUT2D eigenvalue weighted by atomic mass is 10.1. The fraction of sp³-hybridized carbons (Fsp3) is 0.538. The van der Waals surface area contributed by atoms with E-state index in [2.05, 4.69) is 18.3 Å². The predicted octanol–water partition coefficient (Wildman–Crippen LogP) is 2.61. The second-order valence-electron chi connectivity index (χ2n) is 4.55. The molecule has 15 heavy (non-hydrogen) atoms. The Kier molecular flexibility index (Phi) is 3.27. The van der Waals surface area contributed by atoms with Gasteiger partial charge in [-0.3, -0.25) is 0 Å². The van der Waals surface area contributed by atoms with Crippen molar-refractivity contribution in [3.63, 3.8) is 0 Å².